The van der Waals surface area contributed by atoms with Crippen LogP contribution >= 0.6 is 23.2 Å². The predicted molar refractivity (Wildman–Crippen MR) is 60.8 cm³/mol. The summed E-state index contributed by atoms with van der Waals surface area (Å²) < 4.78 is 3.12. The Kier molecular flexibility index (Phi) is 2.98. The Morgan fingerprint density at radius 3 is 2.75 bits per heavy atom. The number of halogens is 2. The number of nitrogens with zero attached hydrogens (tertiary/aromatic N) is 4. The Morgan fingerprint density at radius 1 is 1.38 bits per heavy atom. The van der Waals surface area contributed by atoms with Gasteiger partial charge in [-0.2, -0.15) is 0 Å². The summed E-state index contributed by atoms with van der Waals surface area (Å²) in [4.78, 5) is 19.4. The average Bonchev–Trinajstić information content (AvgIpc) is 2.57. The van der Waals surface area contributed by atoms with Crippen LogP contribution in [0.25, 0.3) is 0 Å². The zero-order chi connectivity index (χ0) is 11.7. The van der Waals surface area contributed by atoms with E-state index in [1.807, 2.05) is 0 Å². The van der Waals surface area contributed by atoms with E-state index in [2.05, 4.69) is 9.97 Å². The molecule has 0 saturated carbocycles. The minimum atomic E-state index is -0.344. The van der Waals surface area contributed by atoms with Gasteiger partial charge in [0, 0.05) is 19.4 Å². The second-order valence-electron chi connectivity index (χ2n) is 3.21. The van der Waals surface area contributed by atoms with Crippen LogP contribution < -0.4 is 5.56 Å². The summed E-state index contributed by atoms with van der Waals surface area (Å²) in [5, 5.41) is 0.464. The number of imidazole rings is 1. The molecule has 2 rings (SSSR count). The molecule has 16 heavy (non-hydrogen) atoms. The first-order chi connectivity index (χ1) is 7.59. The van der Waals surface area contributed by atoms with Gasteiger partial charge in [0.25, 0.3) is 5.56 Å². The first-order valence-corrected chi connectivity index (χ1v) is 5.22. The highest BCUT2D eigenvalue weighted by Crippen LogP contribution is 2.09. The van der Waals surface area contributed by atoms with Crippen molar-refractivity contribution < 1.29 is 0 Å². The maximum Gasteiger partial charge on any atom is 0.288 e. The zero-order valence-corrected chi connectivity index (χ0v) is 9.90. The molecule has 0 radical (unpaired) electrons. The third-order valence-electron chi connectivity index (χ3n) is 2.21. The molecule has 2 aromatic rings. The van der Waals surface area contributed by atoms with Crippen molar-refractivity contribution in [2.24, 2.45) is 7.05 Å². The summed E-state index contributed by atoms with van der Waals surface area (Å²) >= 11 is 11.5. The maximum absolute atomic E-state index is 11.6. The minimum absolute atomic E-state index is 0.0530. The fourth-order valence-electron chi connectivity index (χ4n) is 1.27. The molecule has 0 aromatic carbocycles. The molecule has 2 aromatic heterocycles. The molecule has 84 valence electrons. The molecule has 0 atom stereocenters. The molecule has 0 aliphatic carbocycles. The van der Waals surface area contributed by atoms with Crippen molar-refractivity contribution in [1.29, 1.82) is 0 Å². The van der Waals surface area contributed by atoms with Crippen molar-refractivity contribution >= 4 is 23.2 Å². The van der Waals surface area contributed by atoms with Gasteiger partial charge in [-0.05, 0) is 0 Å². The Labute approximate surface area is 101 Å². The van der Waals surface area contributed by atoms with Crippen LogP contribution in [0.1, 0.15) is 5.82 Å². The van der Waals surface area contributed by atoms with Gasteiger partial charge in [0.2, 0.25) is 0 Å². The second-order valence-corrected chi connectivity index (χ2v) is 3.95. The molecule has 0 spiro atoms. The Hall–Kier alpha value is -1.33. The molecule has 7 heteroatoms. The van der Waals surface area contributed by atoms with Crippen molar-refractivity contribution in [3.63, 3.8) is 0 Å². The third kappa shape index (κ3) is 1.96. The van der Waals surface area contributed by atoms with Gasteiger partial charge in [0.15, 0.2) is 5.15 Å². The topological polar surface area (TPSA) is 52.7 Å². The number of hydrogen-bond donors (Lipinski definition) is 0. The lowest BCUT2D eigenvalue weighted by Gasteiger charge is -2.05. The van der Waals surface area contributed by atoms with E-state index >= 15 is 0 Å². The largest absolute Gasteiger partial charge is 0.321 e. The van der Waals surface area contributed by atoms with Crippen molar-refractivity contribution in [3.05, 3.63) is 45.1 Å². The van der Waals surface area contributed by atoms with E-state index in [0.29, 0.717) is 17.5 Å². The van der Waals surface area contributed by atoms with Crippen LogP contribution in [0.4, 0.5) is 0 Å². The van der Waals surface area contributed by atoms with E-state index < -0.39 is 0 Å². The van der Waals surface area contributed by atoms with E-state index in [4.69, 9.17) is 23.2 Å². The van der Waals surface area contributed by atoms with Gasteiger partial charge in [-0.25, -0.2) is 9.97 Å². The summed E-state index contributed by atoms with van der Waals surface area (Å²) in [5.74, 6) is 0.675. The van der Waals surface area contributed by atoms with Gasteiger partial charge in [-0.3, -0.25) is 4.79 Å². The van der Waals surface area contributed by atoms with Gasteiger partial charge >= 0.3 is 0 Å². The number of hydrogen-bond acceptors (Lipinski definition) is 3. The Balaban J connectivity index is 2.38. The first-order valence-electron chi connectivity index (χ1n) is 4.46. The fraction of sp³-hybridized carbons (Fsp3) is 0.222. The van der Waals surface area contributed by atoms with Gasteiger partial charge in [0.1, 0.15) is 11.0 Å². The van der Waals surface area contributed by atoms with Crippen LogP contribution in [0.15, 0.2) is 23.4 Å². The van der Waals surface area contributed by atoms with Gasteiger partial charge in [-0.15, -0.1) is 0 Å². The molecular formula is C9H8Cl2N4O. The lowest BCUT2D eigenvalue weighted by molar-refractivity contribution is 0.673. The third-order valence-corrected chi connectivity index (χ3v) is 2.82. The van der Waals surface area contributed by atoms with Crippen molar-refractivity contribution in [2.45, 2.75) is 6.54 Å². The minimum Gasteiger partial charge on any atom is -0.321 e. The van der Waals surface area contributed by atoms with Crippen LogP contribution in [0.2, 0.25) is 10.3 Å². The summed E-state index contributed by atoms with van der Waals surface area (Å²) in [6.45, 7) is 0.310. The Bertz CT molecular complexity index is 575. The fourth-order valence-corrected chi connectivity index (χ4v) is 1.58. The number of aromatic nitrogens is 4. The quantitative estimate of drug-likeness (QED) is 0.817. The van der Waals surface area contributed by atoms with Crippen molar-refractivity contribution in [3.8, 4) is 0 Å². The normalized spacial score (nSPS) is 10.7. The molecule has 0 amide bonds. The van der Waals surface area contributed by atoms with Crippen LogP contribution in [-0.4, -0.2) is 19.1 Å². The highest BCUT2D eigenvalue weighted by molar-refractivity contribution is 6.29. The predicted octanol–water partition coefficient (Wildman–Crippen LogP) is 1.33. The number of rotatable bonds is 2. The standard InChI is InChI=1S/C9H8Cl2N4O/c1-14-6(10)4-13-7(14)5-15-3-2-12-8(11)9(15)16/h2-4H,5H2,1H3. The van der Waals surface area contributed by atoms with Crippen molar-refractivity contribution in [1.82, 2.24) is 19.1 Å². The molecule has 2 heterocycles. The lowest BCUT2D eigenvalue weighted by Crippen LogP contribution is -2.22. The molecular weight excluding hydrogens is 251 g/mol. The first kappa shape index (κ1) is 11.2. The molecule has 0 saturated heterocycles. The maximum atomic E-state index is 11.6. The lowest BCUT2D eigenvalue weighted by atomic mass is 10.5. The van der Waals surface area contributed by atoms with Gasteiger partial charge in [-0.1, -0.05) is 23.2 Å². The smallest absolute Gasteiger partial charge is 0.288 e. The second kappa shape index (κ2) is 4.27. The molecule has 0 fully saturated rings. The van der Waals surface area contributed by atoms with Crippen LogP contribution in [0, 0.1) is 0 Å². The van der Waals surface area contributed by atoms with E-state index in [1.54, 1.807) is 17.8 Å². The van der Waals surface area contributed by atoms with E-state index in [9.17, 15) is 4.79 Å². The van der Waals surface area contributed by atoms with Crippen molar-refractivity contribution in [2.75, 3.05) is 0 Å². The molecule has 0 N–H and O–H groups in total. The molecule has 0 aliphatic rings. The molecule has 0 bridgehead atoms. The summed E-state index contributed by atoms with van der Waals surface area (Å²) in [5.41, 5.74) is -0.344. The molecule has 0 aliphatic heterocycles. The summed E-state index contributed by atoms with van der Waals surface area (Å²) in [6.07, 6.45) is 4.55. The SMILES string of the molecule is Cn1c(Cl)cnc1Cn1ccnc(Cl)c1=O. The van der Waals surface area contributed by atoms with E-state index in [-0.39, 0.29) is 10.7 Å². The molecule has 0 unspecified atom stereocenters. The van der Waals surface area contributed by atoms with Gasteiger partial charge in [0.05, 0.1) is 12.7 Å². The Morgan fingerprint density at radius 2 is 2.12 bits per heavy atom. The molecule has 5 nitrogen and oxygen atoms in total. The summed E-state index contributed by atoms with van der Waals surface area (Å²) in [6, 6.07) is 0. The van der Waals surface area contributed by atoms with Gasteiger partial charge < -0.3 is 9.13 Å². The van der Waals surface area contributed by atoms with Crippen LogP contribution in [0.5, 0.6) is 0 Å². The van der Waals surface area contributed by atoms with E-state index in [1.165, 1.54) is 17.0 Å². The zero-order valence-electron chi connectivity index (χ0n) is 8.39. The summed E-state index contributed by atoms with van der Waals surface area (Å²) in [7, 11) is 1.78. The van der Waals surface area contributed by atoms with Crippen LogP contribution in [0.3, 0.4) is 0 Å². The average molecular weight is 259 g/mol. The highest BCUT2D eigenvalue weighted by Gasteiger charge is 2.07. The highest BCUT2D eigenvalue weighted by atomic mass is 35.5. The monoisotopic (exact) mass is 258 g/mol. The van der Waals surface area contributed by atoms with E-state index in [0.717, 1.165) is 0 Å². The van der Waals surface area contributed by atoms with Crippen LogP contribution in [-0.2, 0) is 13.6 Å².